The van der Waals surface area contributed by atoms with Crippen molar-refractivity contribution in [3.63, 3.8) is 0 Å². The number of rotatable bonds is 2. The summed E-state index contributed by atoms with van der Waals surface area (Å²) in [6.07, 6.45) is 1.23. The van der Waals surface area contributed by atoms with E-state index >= 15 is 0 Å². The van der Waals surface area contributed by atoms with Crippen LogP contribution in [0.3, 0.4) is 0 Å². The number of amides is 1. The number of nitrogens with zero attached hydrogens (tertiary/aromatic N) is 3. The number of halogens is 1. The zero-order valence-electron chi connectivity index (χ0n) is 8.43. The maximum atomic E-state index is 10.5. The number of carboxylic acid groups (broad SMARTS) is 1. The molecule has 1 atom stereocenters. The highest BCUT2D eigenvalue weighted by atomic mass is 35.5. The molecule has 1 aromatic heterocycles. The molecule has 6 nitrogen and oxygen atoms in total. The van der Waals surface area contributed by atoms with Crippen LogP contribution in [0.1, 0.15) is 6.42 Å². The Bertz CT molecular complexity index is 401. The molecule has 0 spiro atoms. The van der Waals surface area contributed by atoms with E-state index in [4.69, 9.17) is 16.7 Å². The fourth-order valence-electron chi connectivity index (χ4n) is 1.75. The number of anilines is 1. The molecule has 0 unspecified atom stereocenters. The number of hydrogen-bond acceptors (Lipinski definition) is 4. The highest BCUT2D eigenvalue weighted by Gasteiger charge is 2.24. The van der Waals surface area contributed by atoms with Gasteiger partial charge in [-0.15, -0.1) is 5.10 Å². The van der Waals surface area contributed by atoms with E-state index in [2.05, 4.69) is 15.5 Å². The molecule has 2 rings (SSSR count). The van der Waals surface area contributed by atoms with Gasteiger partial charge in [0.05, 0.1) is 17.3 Å². The molecule has 0 bridgehead atoms. The topological polar surface area (TPSA) is 78.4 Å². The number of aromatic nitrogens is 2. The van der Waals surface area contributed by atoms with Crippen molar-refractivity contribution < 1.29 is 9.90 Å². The van der Waals surface area contributed by atoms with Gasteiger partial charge in [0.1, 0.15) is 0 Å². The zero-order chi connectivity index (χ0) is 11.5. The molecule has 1 aromatic rings. The summed E-state index contributed by atoms with van der Waals surface area (Å²) in [5.41, 5.74) is 0. The van der Waals surface area contributed by atoms with E-state index in [1.807, 2.05) is 4.90 Å². The molecule has 1 aliphatic heterocycles. The minimum atomic E-state index is -0.996. The van der Waals surface area contributed by atoms with Crippen molar-refractivity contribution in [3.8, 4) is 0 Å². The van der Waals surface area contributed by atoms with Gasteiger partial charge in [-0.05, 0) is 6.42 Å². The fraction of sp³-hybridized carbons (Fsp3) is 0.444. The highest BCUT2D eigenvalue weighted by molar-refractivity contribution is 6.30. The SMILES string of the molecule is O=C(O)N[C@@H]1CCN(c2cc(Cl)cnn2)C1. The van der Waals surface area contributed by atoms with Gasteiger partial charge in [-0.2, -0.15) is 5.10 Å². The van der Waals surface area contributed by atoms with Crippen molar-refractivity contribution in [3.05, 3.63) is 17.3 Å². The van der Waals surface area contributed by atoms with E-state index < -0.39 is 6.09 Å². The van der Waals surface area contributed by atoms with Gasteiger partial charge in [0.2, 0.25) is 0 Å². The molecule has 7 heteroatoms. The lowest BCUT2D eigenvalue weighted by Gasteiger charge is -2.16. The molecule has 0 radical (unpaired) electrons. The first-order valence-electron chi connectivity index (χ1n) is 4.88. The van der Waals surface area contributed by atoms with Gasteiger partial charge in [-0.1, -0.05) is 11.6 Å². The van der Waals surface area contributed by atoms with Crippen molar-refractivity contribution in [1.29, 1.82) is 0 Å². The molecular weight excluding hydrogens is 232 g/mol. The Labute approximate surface area is 97.2 Å². The summed E-state index contributed by atoms with van der Waals surface area (Å²) >= 11 is 5.81. The predicted molar refractivity (Wildman–Crippen MR) is 58.8 cm³/mol. The molecule has 86 valence electrons. The smallest absolute Gasteiger partial charge is 0.404 e. The van der Waals surface area contributed by atoms with Crippen molar-refractivity contribution in [1.82, 2.24) is 15.5 Å². The summed E-state index contributed by atoms with van der Waals surface area (Å²) in [7, 11) is 0. The molecule has 1 fully saturated rings. The lowest BCUT2D eigenvalue weighted by atomic mass is 10.3. The van der Waals surface area contributed by atoms with Crippen LogP contribution in [0.25, 0.3) is 0 Å². The average molecular weight is 243 g/mol. The normalized spacial score (nSPS) is 19.8. The van der Waals surface area contributed by atoms with Crippen LogP contribution in [-0.4, -0.2) is 40.5 Å². The maximum Gasteiger partial charge on any atom is 0.404 e. The van der Waals surface area contributed by atoms with E-state index in [-0.39, 0.29) is 6.04 Å². The lowest BCUT2D eigenvalue weighted by molar-refractivity contribution is 0.191. The van der Waals surface area contributed by atoms with E-state index in [1.54, 1.807) is 6.07 Å². The van der Waals surface area contributed by atoms with Crippen LogP contribution >= 0.6 is 11.6 Å². The minimum Gasteiger partial charge on any atom is -0.465 e. The standard InChI is InChI=1S/C9H11ClN4O2/c10-6-3-8(13-11-4-6)14-2-1-7(5-14)12-9(15)16/h3-4,7,12H,1-2,5H2,(H,15,16)/t7-/m1/s1. The molecule has 2 heterocycles. The summed E-state index contributed by atoms with van der Waals surface area (Å²) in [5.74, 6) is 0.683. The van der Waals surface area contributed by atoms with Crippen LogP contribution in [0.2, 0.25) is 5.02 Å². The number of carbonyl (C=O) groups is 1. The maximum absolute atomic E-state index is 10.5. The lowest BCUT2D eigenvalue weighted by Crippen LogP contribution is -2.36. The minimum absolute atomic E-state index is 0.0571. The van der Waals surface area contributed by atoms with Gasteiger partial charge in [-0.3, -0.25) is 0 Å². The Morgan fingerprint density at radius 2 is 2.50 bits per heavy atom. The Hall–Kier alpha value is -1.56. The summed E-state index contributed by atoms with van der Waals surface area (Å²) < 4.78 is 0. The van der Waals surface area contributed by atoms with E-state index in [0.717, 1.165) is 13.0 Å². The quantitative estimate of drug-likeness (QED) is 0.808. The second-order valence-corrected chi connectivity index (χ2v) is 4.05. The Balaban J connectivity index is 2.00. The first kappa shape index (κ1) is 10.9. The van der Waals surface area contributed by atoms with Crippen LogP contribution in [0, 0.1) is 0 Å². The molecule has 0 saturated carbocycles. The second kappa shape index (κ2) is 4.52. The molecular formula is C9H11ClN4O2. The first-order valence-corrected chi connectivity index (χ1v) is 5.25. The van der Waals surface area contributed by atoms with Gasteiger partial charge in [0.25, 0.3) is 0 Å². The van der Waals surface area contributed by atoms with Gasteiger partial charge in [0.15, 0.2) is 5.82 Å². The van der Waals surface area contributed by atoms with Gasteiger partial charge in [0, 0.05) is 19.2 Å². The van der Waals surface area contributed by atoms with Crippen LogP contribution in [0.4, 0.5) is 10.6 Å². The van der Waals surface area contributed by atoms with E-state index in [0.29, 0.717) is 17.4 Å². The molecule has 1 saturated heterocycles. The number of nitrogens with one attached hydrogen (secondary N) is 1. The van der Waals surface area contributed by atoms with Crippen LogP contribution in [0.15, 0.2) is 12.3 Å². The third kappa shape index (κ3) is 2.52. The highest BCUT2D eigenvalue weighted by Crippen LogP contribution is 2.19. The number of hydrogen-bond donors (Lipinski definition) is 2. The zero-order valence-corrected chi connectivity index (χ0v) is 9.18. The van der Waals surface area contributed by atoms with Gasteiger partial charge < -0.3 is 15.3 Å². The summed E-state index contributed by atoms with van der Waals surface area (Å²) in [6, 6.07) is 1.66. The molecule has 0 aromatic carbocycles. The third-order valence-electron chi connectivity index (χ3n) is 2.45. The molecule has 2 N–H and O–H groups in total. The van der Waals surface area contributed by atoms with E-state index in [9.17, 15) is 4.79 Å². The van der Waals surface area contributed by atoms with Crippen LogP contribution in [0.5, 0.6) is 0 Å². The van der Waals surface area contributed by atoms with Crippen LogP contribution < -0.4 is 10.2 Å². The fourth-order valence-corrected chi connectivity index (χ4v) is 1.89. The largest absolute Gasteiger partial charge is 0.465 e. The van der Waals surface area contributed by atoms with Crippen LogP contribution in [-0.2, 0) is 0 Å². The summed E-state index contributed by atoms with van der Waals surface area (Å²) in [4.78, 5) is 12.4. The predicted octanol–water partition coefficient (Wildman–Crippen LogP) is 0.976. The second-order valence-electron chi connectivity index (χ2n) is 3.61. The Morgan fingerprint density at radius 1 is 1.69 bits per heavy atom. The van der Waals surface area contributed by atoms with Gasteiger partial charge in [-0.25, -0.2) is 4.79 Å². The van der Waals surface area contributed by atoms with Crippen molar-refractivity contribution in [2.45, 2.75) is 12.5 Å². The molecule has 1 amide bonds. The average Bonchev–Trinajstić information content (AvgIpc) is 2.65. The molecule has 16 heavy (non-hydrogen) atoms. The summed E-state index contributed by atoms with van der Waals surface area (Å²) in [6.45, 7) is 1.35. The van der Waals surface area contributed by atoms with E-state index in [1.165, 1.54) is 6.20 Å². The van der Waals surface area contributed by atoms with Crippen molar-refractivity contribution >= 4 is 23.5 Å². The van der Waals surface area contributed by atoms with Crippen molar-refractivity contribution in [2.24, 2.45) is 0 Å². The Morgan fingerprint density at radius 3 is 3.19 bits per heavy atom. The third-order valence-corrected chi connectivity index (χ3v) is 2.65. The molecule has 1 aliphatic rings. The van der Waals surface area contributed by atoms with Crippen molar-refractivity contribution in [2.75, 3.05) is 18.0 Å². The van der Waals surface area contributed by atoms with Gasteiger partial charge >= 0.3 is 6.09 Å². The monoisotopic (exact) mass is 242 g/mol. The first-order chi connectivity index (χ1) is 7.65. The molecule has 0 aliphatic carbocycles. The summed E-state index contributed by atoms with van der Waals surface area (Å²) in [5, 5.41) is 19.3. The Kier molecular flexibility index (Phi) is 3.09.